The van der Waals surface area contributed by atoms with Crippen LogP contribution >= 0.6 is 0 Å². The van der Waals surface area contributed by atoms with Crippen molar-refractivity contribution in [3.63, 3.8) is 0 Å². The number of aliphatic hydroxyl groups is 1. The highest BCUT2D eigenvalue weighted by molar-refractivity contribution is 5.96. The van der Waals surface area contributed by atoms with Crippen molar-refractivity contribution in [2.45, 2.75) is 165 Å². The molecule has 0 radical (unpaired) electrons. The molecule has 8 atom stereocenters. The monoisotopic (exact) mass is 958 g/mol. The highest BCUT2D eigenvalue weighted by Gasteiger charge is 2.63. The van der Waals surface area contributed by atoms with Crippen molar-refractivity contribution in [3.05, 3.63) is 86.0 Å². The van der Waals surface area contributed by atoms with Gasteiger partial charge in [-0.15, -0.1) is 26.3 Å². The van der Waals surface area contributed by atoms with E-state index in [1.807, 2.05) is 36.4 Å². The van der Waals surface area contributed by atoms with Crippen LogP contribution in [0.4, 0.5) is 4.79 Å². The normalized spacial score (nSPS) is 26.0. The number of likely N-dealkylation sites (tertiary alicyclic amines) is 2. The third-order valence-electron chi connectivity index (χ3n) is 13.8. The molecule has 1 aromatic rings. The van der Waals surface area contributed by atoms with Gasteiger partial charge in [0.25, 0.3) is 0 Å². The number of esters is 2. The summed E-state index contributed by atoms with van der Waals surface area (Å²) < 4.78 is 16.2. The van der Waals surface area contributed by atoms with Crippen LogP contribution < -0.4 is 10.6 Å². The first kappa shape index (κ1) is 54.2. The molecule has 378 valence electrons. The number of carbonyl (C=O) groups is 7. The Balaban J connectivity index is 0.000000272. The van der Waals surface area contributed by atoms with Gasteiger partial charge in [0.1, 0.15) is 29.3 Å². The smallest absolute Gasteiger partial charge is 0.410 e. The highest BCUT2D eigenvalue weighted by Crippen LogP contribution is 2.47. The van der Waals surface area contributed by atoms with E-state index in [0.29, 0.717) is 45.2 Å². The minimum atomic E-state index is -1.16. The largest absolute Gasteiger partial charge is 0.464 e. The summed E-state index contributed by atoms with van der Waals surface area (Å²) in [5.41, 5.74) is -0.0930. The number of ether oxygens (including phenoxy) is 3. The molecule has 69 heavy (non-hydrogen) atoms. The van der Waals surface area contributed by atoms with Crippen LogP contribution in [0.15, 0.2) is 74.9 Å². The van der Waals surface area contributed by atoms with Gasteiger partial charge in [-0.2, -0.15) is 0 Å². The van der Waals surface area contributed by atoms with Crippen molar-refractivity contribution < 1.29 is 52.9 Å². The topological polar surface area (TPSA) is 201 Å². The molecule has 3 N–H and O–H groups in total. The summed E-state index contributed by atoms with van der Waals surface area (Å²) in [6.07, 6.45) is 16.4. The van der Waals surface area contributed by atoms with E-state index in [2.05, 4.69) is 36.9 Å². The molecule has 0 spiro atoms. The number of carbonyl (C=O) groups excluding carboxylic acids is 7. The van der Waals surface area contributed by atoms with Gasteiger partial charge in [0.05, 0.1) is 25.9 Å². The number of benzene rings is 1. The van der Waals surface area contributed by atoms with Crippen LogP contribution in [0.1, 0.15) is 128 Å². The fourth-order valence-electron chi connectivity index (χ4n) is 9.68. The molecule has 0 unspecified atom stereocenters. The number of amides is 5. The molecule has 2 saturated heterocycles. The lowest BCUT2D eigenvalue weighted by Gasteiger charge is -2.26. The molecule has 5 amide bonds. The number of aliphatic hydroxyl groups excluding tert-OH is 1. The van der Waals surface area contributed by atoms with E-state index >= 15 is 0 Å². The minimum absolute atomic E-state index is 0.133. The van der Waals surface area contributed by atoms with Gasteiger partial charge in [0, 0.05) is 57.2 Å². The number of rotatable bonds is 25. The molecule has 0 aromatic heterocycles. The summed E-state index contributed by atoms with van der Waals surface area (Å²) in [5, 5.41) is 15.7. The van der Waals surface area contributed by atoms with E-state index in [4.69, 9.17) is 14.2 Å². The highest BCUT2D eigenvalue weighted by atomic mass is 16.6. The third-order valence-corrected chi connectivity index (χ3v) is 13.8. The standard InChI is InChI=1S/C31H41N3O6.C22H34N2O5/c1-4-7-8-9-10-11-16-27(35)34-21-25(40-30(38)33-19-22-14-12-13-15-23(22)20-33)17-26(34)28(36)32-31(18-24(31)5-2)29(37)39-6-3;1-4-7-8-9-10-11-12-19(26)24-15-17(25)13-18(24)20(27)23-22(14-16(22)5-2)21(28)29-6-3/h4-5,12-15,24-26H,1-2,6-11,16-21H2,3H3,(H,32,36);4-5,16-18,25H,1-2,6-15H2,3H3,(H,23,27)/t24-,25-,26+,31-;16-,17-,18+,22-/m11/s1. The predicted molar refractivity (Wildman–Crippen MR) is 260 cm³/mol. The lowest BCUT2D eigenvalue weighted by Crippen LogP contribution is -2.53. The maximum absolute atomic E-state index is 13.6. The molecule has 3 heterocycles. The summed E-state index contributed by atoms with van der Waals surface area (Å²) in [5.74, 6) is -2.54. The van der Waals surface area contributed by atoms with Gasteiger partial charge < -0.3 is 39.8 Å². The number of nitrogens with zero attached hydrogens (tertiary/aromatic N) is 3. The van der Waals surface area contributed by atoms with Crippen LogP contribution in [0.3, 0.4) is 0 Å². The number of nitrogens with one attached hydrogen (secondary N) is 2. The number of unbranched alkanes of at least 4 members (excludes halogenated alkanes) is 8. The van der Waals surface area contributed by atoms with Crippen molar-refractivity contribution in [1.29, 1.82) is 0 Å². The molecule has 3 aliphatic heterocycles. The van der Waals surface area contributed by atoms with Gasteiger partial charge in [-0.3, -0.25) is 24.1 Å². The molecule has 6 rings (SSSR count). The Kier molecular flexibility index (Phi) is 20.2. The number of allylic oxidation sites excluding steroid dienone is 2. The summed E-state index contributed by atoms with van der Waals surface area (Å²) in [6.45, 7) is 20.0. The summed E-state index contributed by atoms with van der Waals surface area (Å²) >= 11 is 0. The first-order valence-corrected chi connectivity index (χ1v) is 25.0. The van der Waals surface area contributed by atoms with Gasteiger partial charge in [-0.25, -0.2) is 14.4 Å². The van der Waals surface area contributed by atoms with Crippen molar-refractivity contribution in [1.82, 2.24) is 25.3 Å². The molecule has 5 aliphatic rings. The fraction of sp³-hybridized carbons (Fsp3) is 0.604. The second-order valence-corrected chi connectivity index (χ2v) is 18.8. The van der Waals surface area contributed by atoms with Gasteiger partial charge in [0.15, 0.2) is 0 Å². The SMILES string of the molecule is C=CCCCCCCC(=O)N1C[C@H](O)C[C@H]1C(=O)N[C@]1(C(=O)OCC)C[C@H]1C=C.C=CCCCCCCC(=O)N1C[C@H](OC(=O)N2Cc3ccccc3C2)C[C@H]1C(=O)N[C@]1(C(=O)OCC)C[C@H]1C=C. The van der Waals surface area contributed by atoms with Crippen LogP contribution in [0.2, 0.25) is 0 Å². The number of hydrogen-bond donors (Lipinski definition) is 3. The van der Waals surface area contributed by atoms with E-state index in [0.717, 1.165) is 68.9 Å². The van der Waals surface area contributed by atoms with Gasteiger partial charge in [-0.1, -0.05) is 74.3 Å². The lowest BCUT2D eigenvalue weighted by molar-refractivity contribution is -0.150. The van der Waals surface area contributed by atoms with Crippen LogP contribution in [0.25, 0.3) is 0 Å². The molecule has 4 fully saturated rings. The first-order valence-electron chi connectivity index (χ1n) is 25.0. The molecular weight excluding hydrogens is 883 g/mol. The van der Waals surface area contributed by atoms with E-state index in [-0.39, 0.29) is 62.8 Å². The Hall–Kier alpha value is -5.77. The van der Waals surface area contributed by atoms with Crippen LogP contribution in [0.5, 0.6) is 0 Å². The van der Waals surface area contributed by atoms with Crippen LogP contribution in [-0.2, 0) is 56.1 Å². The quantitative estimate of drug-likeness (QED) is 0.0427. The average molecular weight is 958 g/mol. The molecule has 1 aromatic carbocycles. The second-order valence-electron chi connectivity index (χ2n) is 18.8. The zero-order chi connectivity index (χ0) is 50.1. The van der Waals surface area contributed by atoms with Crippen molar-refractivity contribution in [2.75, 3.05) is 26.3 Å². The first-order chi connectivity index (χ1) is 33.2. The van der Waals surface area contributed by atoms with Crippen molar-refractivity contribution >= 4 is 41.7 Å². The van der Waals surface area contributed by atoms with Gasteiger partial charge >= 0.3 is 18.0 Å². The van der Waals surface area contributed by atoms with E-state index in [9.17, 15) is 38.7 Å². The van der Waals surface area contributed by atoms with E-state index in [1.54, 1.807) is 30.9 Å². The molecule has 16 heteroatoms. The minimum Gasteiger partial charge on any atom is -0.464 e. The van der Waals surface area contributed by atoms with Crippen molar-refractivity contribution in [2.24, 2.45) is 11.8 Å². The Morgan fingerprint density at radius 3 is 1.55 bits per heavy atom. The summed E-state index contributed by atoms with van der Waals surface area (Å²) in [7, 11) is 0. The molecular formula is C53H75N5O11. The second kappa shape index (κ2) is 25.7. The molecule has 0 bridgehead atoms. The maximum atomic E-state index is 13.6. The van der Waals surface area contributed by atoms with E-state index < -0.39 is 65.2 Å². The summed E-state index contributed by atoms with van der Waals surface area (Å²) in [4.78, 5) is 95.1. The van der Waals surface area contributed by atoms with Gasteiger partial charge in [0.2, 0.25) is 23.6 Å². The van der Waals surface area contributed by atoms with Crippen LogP contribution in [0, 0.1) is 11.8 Å². The average Bonchev–Trinajstić information content (AvgIpc) is 3.98. The third kappa shape index (κ3) is 13.9. The molecule has 2 saturated carbocycles. The Labute approximate surface area is 407 Å². The zero-order valence-electron chi connectivity index (χ0n) is 40.8. The van der Waals surface area contributed by atoms with Gasteiger partial charge in [-0.05, 0) is 76.3 Å². The predicted octanol–water partition coefficient (Wildman–Crippen LogP) is 6.36. The zero-order valence-corrected chi connectivity index (χ0v) is 40.8. The maximum Gasteiger partial charge on any atom is 0.410 e. The van der Waals surface area contributed by atoms with E-state index in [1.165, 1.54) is 9.80 Å². The fourth-order valence-corrected chi connectivity index (χ4v) is 9.68. The van der Waals surface area contributed by atoms with Crippen LogP contribution in [-0.4, -0.2) is 123 Å². The molecule has 2 aliphatic carbocycles. The Bertz CT molecular complexity index is 2020. The summed E-state index contributed by atoms with van der Waals surface area (Å²) in [6, 6.07) is 6.25. The molecule has 16 nitrogen and oxygen atoms in total. The number of β-amino-alcohol motifs (C(OH)–C–C–N with tert-alkyl or cyclic N) is 1. The Morgan fingerprint density at radius 2 is 1.12 bits per heavy atom. The number of fused-ring (bicyclic) bond motifs is 1. The van der Waals surface area contributed by atoms with Crippen molar-refractivity contribution in [3.8, 4) is 0 Å². The lowest BCUT2D eigenvalue weighted by atomic mass is 10.1. The Morgan fingerprint density at radius 1 is 0.667 bits per heavy atom. The number of hydrogen-bond acceptors (Lipinski definition) is 11.